The van der Waals surface area contributed by atoms with Crippen LogP contribution in [0.3, 0.4) is 0 Å². The van der Waals surface area contributed by atoms with Crippen LogP contribution in [0.5, 0.6) is 0 Å². The van der Waals surface area contributed by atoms with Crippen LogP contribution >= 0.6 is 0 Å². The third-order valence-electron chi connectivity index (χ3n) is 4.58. The van der Waals surface area contributed by atoms with Crippen LogP contribution in [0.25, 0.3) is 0 Å². The van der Waals surface area contributed by atoms with Gasteiger partial charge in [-0.1, -0.05) is 24.3 Å². The van der Waals surface area contributed by atoms with E-state index in [1.165, 1.54) is 0 Å². The highest BCUT2D eigenvalue weighted by Crippen LogP contribution is 2.51. The Morgan fingerprint density at radius 3 is 2.57 bits per heavy atom. The third-order valence-corrected chi connectivity index (χ3v) is 4.58. The fourth-order valence-electron chi connectivity index (χ4n) is 3.21. The van der Waals surface area contributed by atoms with E-state index in [2.05, 4.69) is 0 Å². The molecular weight excluding hydrogens is 270 g/mol. The fourth-order valence-corrected chi connectivity index (χ4v) is 3.21. The minimum Gasteiger partial charge on any atom is -0.481 e. The maximum absolute atomic E-state index is 12.0. The number of amides is 1. The Morgan fingerprint density at radius 1 is 1.29 bits per heavy atom. The number of fused-ring (bicyclic) bond motifs is 1. The van der Waals surface area contributed by atoms with E-state index in [0.717, 1.165) is 11.1 Å². The number of hydrogen-bond acceptors (Lipinski definition) is 3. The van der Waals surface area contributed by atoms with Gasteiger partial charge >= 0.3 is 5.97 Å². The minimum absolute atomic E-state index is 0.0417. The molecule has 21 heavy (non-hydrogen) atoms. The van der Waals surface area contributed by atoms with Crippen LogP contribution in [-0.2, 0) is 20.9 Å². The lowest BCUT2D eigenvalue weighted by atomic mass is 10.1. The van der Waals surface area contributed by atoms with E-state index in [-0.39, 0.29) is 30.3 Å². The molecule has 0 spiro atoms. The smallest absolute Gasteiger partial charge is 0.307 e. The van der Waals surface area contributed by atoms with Gasteiger partial charge in [-0.15, -0.1) is 0 Å². The van der Waals surface area contributed by atoms with Gasteiger partial charge in [0.1, 0.15) is 6.61 Å². The summed E-state index contributed by atoms with van der Waals surface area (Å²) in [5.74, 6) is -0.694. The van der Waals surface area contributed by atoms with E-state index < -0.39 is 5.97 Å². The molecule has 1 aliphatic heterocycles. The lowest BCUT2D eigenvalue weighted by Crippen LogP contribution is -2.35. The number of ether oxygens (including phenoxy) is 1. The predicted molar refractivity (Wildman–Crippen MR) is 75.5 cm³/mol. The van der Waals surface area contributed by atoms with Gasteiger partial charge in [0.05, 0.1) is 12.5 Å². The van der Waals surface area contributed by atoms with Crippen molar-refractivity contribution >= 4 is 11.9 Å². The van der Waals surface area contributed by atoms with Crippen molar-refractivity contribution in [3.8, 4) is 0 Å². The Labute approximate surface area is 123 Å². The number of hydrogen-bond donors (Lipinski definition) is 1. The highest BCUT2D eigenvalue weighted by Gasteiger charge is 2.60. The molecule has 0 aromatic heterocycles. The predicted octanol–water partition coefficient (Wildman–Crippen LogP) is 1.30. The average Bonchev–Trinajstić information content (AvgIpc) is 2.97. The van der Waals surface area contributed by atoms with Gasteiger partial charge in [-0.05, 0) is 29.9 Å². The Kier molecular flexibility index (Phi) is 3.68. The Morgan fingerprint density at radius 2 is 1.95 bits per heavy atom. The second kappa shape index (κ2) is 5.48. The first-order valence-corrected chi connectivity index (χ1v) is 7.20. The summed E-state index contributed by atoms with van der Waals surface area (Å²) >= 11 is 0. The number of aliphatic carboxylic acids is 1. The molecule has 2 aliphatic rings. The maximum atomic E-state index is 12.0. The van der Waals surface area contributed by atoms with Crippen LogP contribution in [0.1, 0.15) is 11.1 Å². The number of nitrogens with zero attached hydrogens (tertiary/aromatic N) is 1. The van der Waals surface area contributed by atoms with Crippen LogP contribution in [0.15, 0.2) is 24.3 Å². The number of carboxylic acids is 1. The first kappa shape index (κ1) is 14.1. The molecule has 2 fully saturated rings. The number of carboxylic acid groups (broad SMARTS) is 1. The van der Waals surface area contributed by atoms with Crippen molar-refractivity contribution in [2.75, 3.05) is 19.7 Å². The molecule has 1 N–H and O–H groups in total. The van der Waals surface area contributed by atoms with Crippen LogP contribution in [0.4, 0.5) is 0 Å². The van der Waals surface area contributed by atoms with Crippen molar-refractivity contribution in [2.45, 2.75) is 13.5 Å². The SMILES string of the molecule is Cc1ccccc1COCC(=O)N1C[C@@H]2C(C(=O)O)[C@@H]2C1. The van der Waals surface area contributed by atoms with Gasteiger partial charge < -0.3 is 14.7 Å². The molecule has 3 atom stereocenters. The summed E-state index contributed by atoms with van der Waals surface area (Å²) < 4.78 is 5.49. The molecule has 1 aliphatic carbocycles. The molecule has 1 saturated carbocycles. The molecule has 1 unspecified atom stereocenters. The van der Waals surface area contributed by atoms with Gasteiger partial charge in [0.25, 0.3) is 0 Å². The standard InChI is InChI=1S/C16H19NO4/c1-10-4-2-3-5-11(10)8-21-9-14(18)17-6-12-13(7-17)15(12)16(19)20/h2-5,12-13,15H,6-9H2,1H3,(H,19,20)/t12-,13+,15?. The van der Waals surface area contributed by atoms with Gasteiger partial charge in [0.2, 0.25) is 5.91 Å². The number of carbonyl (C=O) groups excluding carboxylic acids is 1. The molecule has 3 rings (SSSR count). The zero-order chi connectivity index (χ0) is 15.0. The first-order valence-electron chi connectivity index (χ1n) is 7.20. The molecule has 0 radical (unpaired) electrons. The number of rotatable bonds is 5. The second-order valence-corrected chi connectivity index (χ2v) is 5.91. The monoisotopic (exact) mass is 289 g/mol. The van der Waals surface area contributed by atoms with Gasteiger partial charge in [0, 0.05) is 13.1 Å². The lowest BCUT2D eigenvalue weighted by Gasteiger charge is -2.19. The molecule has 1 aromatic carbocycles. The Balaban J connectivity index is 1.42. The van der Waals surface area contributed by atoms with E-state index in [4.69, 9.17) is 9.84 Å². The Bertz CT molecular complexity index is 559. The number of carbonyl (C=O) groups is 2. The molecule has 112 valence electrons. The minimum atomic E-state index is -0.729. The molecule has 1 amide bonds. The maximum Gasteiger partial charge on any atom is 0.307 e. The highest BCUT2D eigenvalue weighted by atomic mass is 16.5. The quantitative estimate of drug-likeness (QED) is 0.887. The highest BCUT2D eigenvalue weighted by molar-refractivity contribution is 5.80. The van der Waals surface area contributed by atoms with Crippen LogP contribution < -0.4 is 0 Å². The number of aryl methyl sites for hydroxylation is 1. The van der Waals surface area contributed by atoms with Gasteiger partial charge in [-0.2, -0.15) is 0 Å². The fraction of sp³-hybridized carbons (Fsp3) is 0.500. The summed E-state index contributed by atoms with van der Waals surface area (Å²) in [5.41, 5.74) is 2.23. The number of likely N-dealkylation sites (tertiary alicyclic amines) is 1. The normalized spacial score (nSPS) is 26.5. The largest absolute Gasteiger partial charge is 0.481 e. The summed E-state index contributed by atoms with van der Waals surface area (Å²) in [7, 11) is 0. The van der Waals surface area contributed by atoms with Crippen molar-refractivity contribution in [3.63, 3.8) is 0 Å². The van der Waals surface area contributed by atoms with Crippen molar-refractivity contribution in [2.24, 2.45) is 17.8 Å². The lowest BCUT2D eigenvalue weighted by molar-refractivity contribution is -0.142. The first-order chi connectivity index (χ1) is 10.1. The second-order valence-electron chi connectivity index (χ2n) is 5.91. The third kappa shape index (κ3) is 2.78. The Hall–Kier alpha value is -1.88. The zero-order valence-electron chi connectivity index (χ0n) is 12.0. The summed E-state index contributed by atoms with van der Waals surface area (Å²) in [5, 5.41) is 8.95. The van der Waals surface area contributed by atoms with Crippen molar-refractivity contribution in [3.05, 3.63) is 35.4 Å². The van der Waals surface area contributed by atoms with Crippen molar-refractivity contribution < 1.29 is 19.4 Å². The summed E-state index contributed by atoms with van der Waals surface area (Å²) in [6, 6.07) is 7.93. The molecule has 5 nitrogen and oxygen atoms in total. The molecular formula is C16H19NO4. The molecule has 1 heterocycles. The van der Waals surface area contributed by atoms with Gasteiger partial charge in [-0.3, -0.25) is 9.59 Å². The average molecular weight is 289 g/mol. The molecule has 5 heteroatoms. The van der Waals surface area contributed by atoms with Crippen molar-refractivity contribution in [1.82, 2.24) is 4.90 Å². The molecule has 1 saturated heterocycles. The summed E-state index contributed by atoms with van der Waals surface area (Å²) in [6.07, 6.45) is 0. The van der Waals surface area contributed by atoms with E-state index in [1.54, 1.807) is 4.90 Å². The van der Waals surface area contributed by atoms with Gasteiger partial charge in [0.15, 0.2) is 0 Å². The summed E-state index contributed by atoms with van der Waals surface area (Å²) in [6.45, 7) is 3.63. The number of benzene rings is 1. The zero-order valence-corrected chi connectivity index (χ0v) is 12.0. The van der Waals surface area contributed by atoms with Crippen LogP contribution in [-0.4, -0.2) is 41.6 Å². The van der Waals surface area contributed by atoms with Crippen LogP contribution in [0, 0.1) is 24.7 Å². The van der Waals surface area contributed by atoms with Crippen molar-refractivity contribution in [1.29, 1.82) is 0 Å². The van der Waals surface area contributed by atoms with E-state index >= 15 is 0 Å². The molecule has 1 aromatic rings. The van der Waals surface area contributed by atoms with E-state index in [0.29, 0.717) is 19.7 Å². The number of piperidine rings is 1. The summed E-state index contributed by atoms with van der Waals surface area (Å²) in [4.78, 5) is 24.6. The van der Waals surface area contributed by atoms with Gasteiger partial charge in [-0.25, -0.2) is 0 Å². The van der Waals surface area contributed by atoms with E-state index in [1.807, 2.05) is 31.2 Å². The topological polar surface area (TPSA) is 66.8 Å². The van der Waals surface area contributed by atoms with E-state index in [9.17, 15) is 9.59 Å². The van der Waals surface area contributed by atoms with Crippen LogP contribution in [0.2, 0.25) is 0 Å². The molecule has 0 bridgehead atoms.